The molecule has 2 rings (SSSR count). The van der Waals surface area contributed by atoms with Crippen molar-refractivity contribution in [1.82, 2.24) is 5.32 Å². The third kappa shape index (κ3) is 3.29. The molecule has 1 aliphatic rings. The van der Waals surface area contributed by atoms with E-state index in [1.165, 1.54) is 0 Å². The van der Waals surface area contributed by atoms with Gasteiger partial charge in [0.25, 0.3) is 0 Å². The fraction of sp³-hybridized carbons (Fsp3) is 0.571. The zero-order chi connectivity index (χ0) is 13.2. The first kappa shape index (κ1) is 13.0. The maximum absolute atomic E-state index is 9.86. The predicted octanol–water partition coefficient (Wildman–Crippen LogP) is 2.65. The second-order valence-electron chi connectivity index (χ2n) is 5.82. The van der Waals surface area contributed by atoms with E-state index in [4.69, 9.17) is 9.47 Å². The number of ether oxygens (including phenoxy) is 2. The summed E-state index contributed by atoms with van der Waals surface area (Å²) in [5.41, 5.74) is 1.16. The number of phenolic OH excluding ortho intramolecular Hbond substituents is 1. The van der Waals surface area contributed by atoms with Crippen LogP contribution in [0.5, 0.6) is 17.2 Å². The lowest BCUT2D eigenvalue weighted by Crippen LogP contribution is -2.20. The Morgan fingerprint density at radius 1 is 1.22 bits per heavy atom. The number of rotatable bonds is 4. The van der Waals surface area contributed by atoms with Crippen LogP contribution in [-0.2, 0) is 6.54 Å². The zero-order valence-electron chi connectivity index (χ0n) is 11.2. The fourth-order valence-corrected chi connectivity index (χ4v) is 1.80. The van der Waals surface area contributed by atoms with Crippen molar-refractivity contribution in [3.05, 3.63) is 17.7 Å². The SMILES string of the molecule is CC(C)(C)CCNCc1cc2c(cc1O)OCO2. The Morgan fingerprint density at radius 2 is 1.89 bits per heavy atom. The third-order valence-electron chi connectivity index (χ3n) is 2.94. The summed E-state index contributed by atoms with van der Waals surface area (Å²) >= 11 is 0. The molecular weight excluding hydrogens is 230 g/mol. The van der Waals surface area contributed by atoms with Gasteiger partial charge in [0.15, 0.2) is 11.5 Å². The highest BCUT2D eigenvalue weighted by Crippen LogP contribution is 2.37. The van der Waals surface area contributed by atoms with Crippen LogP contribution in [0.1, 0.15) is 32.8 Å². The highest BCUT2D eigenvalue weighted by atomic mass is 16.7. The first-order valence-corrected chi connectivity index (χ1v) is 6.28. The van der Waals surface area contributed by atoms with E-state index in [0.717, 1.165) is 18.5 Å². The standard InChI is InChI=1S/C14H21NO3/c1-14(2,3)4-5-15-8-10-6-12-13(7-11(10)16)18-9-17-12/h6-7,15-16H,4-5,8-9H2,1-3H3. The van der Waals surface area contributed by atoms with Gasteiger partial charge in [0, 0.05) is 18.2 Å². The molecule has 18 heavy (non-hydrogen) atoms. The predicted molar refractivity (Wildman–Crippen MR) is 70.0 cm³/mol. The summed E-state index contributed by atoms with van der Waals surface area (Å²) < 4.78 is 10.5. The second kappa shape index (κ2) is 5.06. The molecule has 1 aromatic rings. The Morgan fingerprint density at radius 3 is 2.56 bits per heavy atom. The number of phenols is 1. The van der Waals surface area contributed by atoms with Crippen LogP contribution in [0.25, 0.3) is 0 Å². The molecule has 4 heteroatoms. The molecule has 0 bridgehead atoms. The molecule has 1 aromatic carbocycles. The molecule has 0 saturated heterocycles. The minimum absolute atomic E-state index is 0.232. The largest absolute Gasteiger partial charge is 0.507 e. The number of aromatic hydroxyl groups is 1. The first-order chi connectivity index (χ1) is 8.46. The maximum atomic E-state index is 9.86. The molecule has 4 nitrogen and oxygen atoms in total. The van der Waals surface area contributed by atoms with Crippen molar-refractivity contribution < 1.29 is 14.6 Å². The van der Waals surface area contributed by atoms with Gasteiger partial charge in [-0.2, -0.15) is 0 Å². The van der Waals surface area contributed by atoms with Gasteiger partial charge in [-0.25, -0.2) is 0 Å². The quantitative estimate of drug-likeness (QED) is 0.808. The molecule has 2 N–H and O–H groups in total. The average molecular weight is 251 g/mol. The summed E-state index contributed by atoms with van der Waals surface area (Å²) in [6.45, 7) is 8.44. The van der Waals surface area contributed by atoms with Crippen LogP contribution in [0.15, 0.2) is 12.1 Å². The van der Waals surface area contributed by atoms with Crippen LogP contribution in [-0.4, -0.2) is 18.4 Å². The summed E-state index contributed by atoms with van der Waals surface area (Å²) in [6.07, 6.45) is 1.10. The summed E-state index contributed by atoms with van der Waals surface area (Å²) in [5, 5.41) is 13.2. The van der Waals surface area contributed by atoms with Crippen LogP contribution in [0, 0.1) is 5.41 Å². The Bertz CT molecular complexity index is 424. The van der Waals surface area contributed by atoms with E-state index in [9.17, 15) is 5.11 Å². The summed E-state index contributed by atoms with van der Waals surface area (Å²) in [6, 6.07) is 3.45. The van der Waals surface area contributed by atoms with Crippen LogP contribution < -0.4 is 14.8 Å². The van der Waals surface area contributed by atoms with E-state index in [2.05, 4.69) is 26.1 Å². The third-order valence-corrected chi connectivity index (χ3v) is 2.94. The van der Waals surface area contributed by atoms with Gasteiger partial charge in [0.2, 0.25) is 6.79 Å². The maximum Gasteiger partial charge on any atom is 0.231 e. The number of fused-ring (bicyclic) bond motifs is 1. The Hall–Kier alpha value is -1.42. The Balaban J connectivity index is 1.90. The van der Waals surface area contributed by atoms with E-state index in [1.54, 1.807) is 6.07 Å². The fourth-order valence-electron chi connectivity index (χ4n) is 1.80. The minimum atomic E-state index is 0.232. The second-order valence-corrected chi connectivity index (χ2v) is 5.82. The van der Waals surface area contributed by atoms with Crippen molar-refractivity contribution in [2.45, 2.75) is 33.7 Å². The molecule has 0 amide bonds. The minimum Gasteiger partial charge on any atom is -0.507 e. The molecule has 1 aliphatic heterocycles. The summed E-state index contributed by atoms with van der Waals surface area (Å²) in [5.74, 6) is 1.58. The highest BCUT2D eigenvalue weighted by molar-refractivity contribution is 5.51. The number of hydrogen-bond donors (Lipinski definition) is 2. The number of benzene rings is 1. The molecule has 0 spiro atoms. The molecule has 0 unspecified atom stereocenters. The van der Waals surface area contributed by atoms with Gasteiger partial charge in [-0.05, 0) is 24.4 Å². The molecule has 100 valence electrons. The average Bonchev–Trinajstić information content (AvgIpc) is 2.70. The van der Waals surface area contributed by atoms with Crippen molar-refractivity contribution in [3.63, 3.8) is 0 Å². The lowest BCUT2D eigenvalue weighted by molar-refractivity contribution is 0.174. The molecule has 0 saturated carbocycles. The van der Waals surface area contributed by atoms with Gasteiger partial charge in [-0.1, -0.05) is 20.8 Å². The first-order valence-electron chi connectivity index (χ1n) is 6.28. The van der Waals surface area contributed by atoms with Gasteiger partial charge >= 0.3 is 0 Å². The van der Waals surface area contributed by atoms with Crippen molar-refractivity contribution >= 4 is 0 Å². The van der Waals surface area contributed by atoms with E-state index in [0.29, 0.717) is 23.5 Å². The summed E-state index contributed by atoms with van der Waals surface area (Å²) in [7, 11) is 0. The molecule has 0 atom stereocenters. The monoisotopic (exact) mass is 251 g/mol. The van der Waals surface area contributed by atoms with Crippen molar-refractivity contribution in [1.29, 1.82) is 0 Å². The zero-order valence-corrected chi connectivity index (χ0v) is 11.2. The molecule has 0 radical (unpaired) electrons. The van der Waals surface area contributed by atoms with Crippen molar-refractivity contribution in [3.8, 4) is 17.2 Å². The van der Waals surface area contributed by atoms with Crippen LogP contribution in [0.3, 0.4) is 0 Å². The van der Waals surface area contributed by atoms with Gasteiger partial charge < -0.3 is 19.9 Å². The number of nitrogens with one attached hydrogen (secondary N) is 1. The Kier molecular flexibility index (Phi) is 3.66. The van der Waals surface area contributed by atoms with Crippen molar-refractivity contribution in [2.75, 3.05) is 13.3 Å². The highest BCUT2D eigenvalue weighted by Gasteiger charge is 2.17. The van der Waals surface area contributed by atoms with E-state index < -0.39 is 0 Å². The number of hydrogen-bond acceptors (Lipinski definition) is 4. The van der Waals surface area contributed by atoms with E-state index in [-0.39, 0.29) is 12.5 Å². The van der Waals surface area contributed by atoms with Gasteiger partial charge in [0.1, 0.15) is 5.75 Å². The Labute approximate surface area is 108 Å². The van der Waals surface area contributed by atoms with Gasteiger partial charge in [0.05, 0.1) is 0 Å². The topological polar surface area (TPSA) is 50.7 Å². The molecule has 0 fully saturated rings. The van der Waals surface area contributed by atoms with Gasteiger partial charge in [-0.15, -0.1) is 0 Å². The van der Waals surface area contributed by atoms with E-state index in [1.807, 2.05) is 6.07 Å². The smallest absolute Gasteiger partial charge is 0.231 e. The molecular formula is C14H21NO3. The molecule has 1 heterocycles. The van der Waals surface area contributed by atoms with Gasteiger partial charge in [-0.3, -0.25) is 0 Å². The van der Waals surface area contributed by atoms with E-state index >= 15 is 0 Å². The lowest BCUT2D eigenvalue weighted by atomic mass is 9.92. The molecule has 0 aliphatic carbocycles. The lowest BCUT2D eigenvalue weighted by Gasteiger charge is -2.18. The molecule has 0 aromatic heterocycles. The normalized spacial score (nSPS) is 13.9. The van der Waals surface area contributed by atoms with Crippen LogP contribution >= 0.6 is 0 Å². The van der Waals surface area contributed by atoms with Crippen molar-refractivity contribution in [2.24, 2.45) is 5.41 Å². The van der Waals surface area contributed by atoms with Crippen LogP contribution in [0.4, 0.5) is 0 Å². The summed E-state index contributed by atoms with van der Waals surface area (Å²) in [4.78, 5) is 0. The van der Waals surface area contributed by atoms with Crippen LogP contribution in [0.2, 0.25) is 0 Å².